The summed E-state index contributed by atoms with van der Waals surface area (Å²) >= 11 is 1.68. The quantitative estimate of drug-likeness (QED) is 0.800. The van der Waals surface area contributed by atoms with Crippen molar-refractivity contribution in [2.45, 2.75) is 39.0 Å². The molecule has 5 heteroatoms. The Kier molecular flexibility index (Phi) is 6.32. The zero-order chi connectivity index (χ0) is 13.6. The minimum absolute atomic E-state index is 0.245. The Labute approximate surface area is 115 Å². The van der Waals surface area contributed by atoms with E-state index in [0.29, 0.717) is 12.3 Å². The topological polar surface area (TPSA) is 46.2 Å². The Morgan fingerprint density at radius 1 is 1.39 bits per heavy atom. The predicted octanol–water partition coefficient (Wildman–Crippen LogP) is 2.69. The third kappa shape index (κ3) is 5.08. The van der Waals surface area contributed by atoms with Gasteiger partial charge in [-0.2, -0.15) is 0 Å². The largest absolute Gasteiger partial charge is 0.311 e. The summed E-state index contributed by atoms with van der Waals surface area (Å²) in [4.78, 5) is 1.24. The van der Waals surface area contributed by atoms with Gasteiger partial charge in [0.2, 0.25) is 0 Å². The van der Waals surface area contributed by atoms with Gasteiger partial charge >= 0.3 is 0 Å². The minimum atomic E-state index is -2.97. The minimum Gasteiger partial charge on any atom is -0.311 e. The molecule has 1 N–H and O–H groups in total. The first-order valence-electron chi connectivity index (χ1n) is 6.40. The number of thiophene rings is 1. The third-order valence-electron chi connectivity index (χ3n) is 3.14. The van der Waals surface area contributed by atoms with Crippen LogP contribution in [0, 0.1) is 5.92 Å². The van der Waals surface area contributed by atoms with Crippen molar-refractivity contribution in [3.8, 4) is 0 Å². The third-order valence-corrected chi connectivity index (χ3v) is 6.44. The van der Waals surface area contributed by atoms with E-state index in [1.165, 1.54) is 4.88 Å². The van der Waals surface area contributed by atoms with Crippen LogP contribution in [-0.2, 0) is 16.4 Å². The summed E-state index contributed by atoms with van der Waals surface area (Å²) < 4.78 is 24.1. The standard InChI is InChI=1S/C13H23NO2S2/c1-4-11(2)10-18(15,16)12(3)8-14-9-13-6-5-7-17-13/h5-7,11-12,14H,4,8-10H2,1-3H3. The van der Waals surface area contributed by atoms with Crippen molar-refractivity contribution in [2.75, 3.05) is 12.3 Å². The highest BCUT2D eigenvalue weighted by molar-refractivity contribution is 7.92. The molecule has 1 aromatic rings. The van der Waals surface area contributed by atoms with Gasteiger partial charge in [0, 0.05) is 18.0 Å². The fourth-order valence-corrected chi connectivity index (χ4v) is 4.02. The molecule has 0 amide bonds. The fourth-order valence-electron chi connectivity index (χ4n) is 1.62. The second kappa shape index (κ2) is 7.26. The van der Waals surface area contributed by atoms with Crippen LogP contribution >= 0.6 is 11.3 Å². The lowest BCUT2D eigenvalue weighted by Crippen LogP contribution is -2.33. The molecule has 0 spiro atoms. The Bertz CT molecular complexity index is 426. The van der Waals surface area contributed by atoms with Gasteiger partial charge in [-0.1, -0.05) is 26.3 Å². The van der Waals surface area contributed by atoms with Crippen LogP contribution < -0.4 is 5.32 Å². The lowest BCUT2D eigenvalue weighted by atomic mass is 10.2. The van der Waals surface area contributed by atoms with Crippen LogP contribution in [0.15, 0.2) is 17.5 Å². The zero-order valence-electron chi connectivity index (χ0n) is 11.3. The van der Waals surface area contributed by atoms with Gasteiger partial charge in [-0.05, 0) is 24.3 Å². The molecule has 0 aliphatic carbocycles. The highest BCUT2D eigenvalue weighted by atomic mass is 32.2. The zero-order valence-corrected chi connectivity index (χ0v) is 13.0. The van der Waals surface area contributed by atoms with Crippen molar-refractivity contribution in [2.24, 2.45) is 5.92 Å². The Morgan fingerprint density at radius 3 is 2.67 bits per heavy atom. The smallest absolute Gasteiger partial charge is 0.154 e. The predicted molar refractivity (Wildman–Crippen MR) is 78.7 cm³/mol. The summed E-state index contributed by atoms with van der Waals surface area (Å²) in [6.45, 7) is 7.08. The van der Waals surface area contributed by atoms with Gasteiger partial charge < -0.3 is 5.32 Å². The summed E-state index contributed by atoms with van der Waals surface area (Å²) in [6, 6.07) is 4.06. The number of nitrogens with one attached hydrogen (secondary N) is 1. The molecule has 0 bridgehead atoms. The van der Waals surface area contributed by atoms with Crippen LogP contribution in [0.1, 0.15) is 32.1 Å². The van der Waals surface area contributed by atoms with E-state index >= 15 is 0 Å². The molecule has 1 rings (SSSR count). The lowest BCUT2D eigenvalue weighted by molar-refractivity contribution is 0.546. The van der Waals surface area contributed by atoms with Crippen molar-refractivity contribution in [1.82, 2.24) is 5.32 Å². The van der Waals surface area contributed by atoms with E-state index in [1.807, 2.05) is 25.3 Å². The molecule has 3 nitrogen and oxygen atoms in total. The van der Waals surface area contributed by atoms with E-state index in [2.05, 4.69) is 11.4 Å². The normalized spacial score (nSPS) is 15.5. The van der Waals surface area contributed by atoms with Crippen molar-refractivity contribution >= 4 is 21.2 Å². The summed E-state index contributed by atoms with van der Waals surface area (Å²) in [7, 11) is -2.97. The average Bonchev–Trinajstić information content (AvgIpc) is 2.81. The van der Waals surface area contributed by atoms with E-state index in [0.717, 1.165) is 13.0 Å². The van der Waals surface area contributed by atoms with Crippen LogP contribution in [0.25, 0.3) is 0 Å². The van der Waals surface area contributed by atoms with E-state index in [-0.39, 0.29) is 11.2 Å². The number of rotatable bonds is 8. The summed E-state index contributed by atoms with van der Waals surface area (Å²) in [5.74, 6) is 0.542. The van der Waals surface area contributed by atoms with Crippen molar-refractivity contribution in [3.05, 3.63) is 22.4 Å². The average molecular weight is 289 g/mol. The van der Waals surface area contributed by atoms with Crippen molar-refractivity contribution in [1.29, 1.82) is 0 Å². The molecule has 2 atom stereocenters. The Hall–Kier alpha value is -0.390. The van der Waals surface area contributed by atoms with E-state index in [1.54, 1.807) is 18.3 Å². The molecule has 104 valence electrons. The molecule has 0 aliphatic heterocycles. The number of hydrogen-bond acceptors (Lipinski definition) is 4. The fraction of sp³-hybridized carbons (Fsp3) is 0.692. The van der Waals surface area contributed by atoms with Crippen molar-refractivity contribution < 1.29 is 8.42 Å². The molecule has 0 saturated carbocycles. The van der Waals surface area contributed by atoms with Gasteiger partial charge in [0.25, 0.3) is 0 Å². The van der Waals surface area contributed by atoms with Crippen LogP contribution in [0.3, 0.4) is 0 Å². The highest BCUT2D eigenvalue weighted by Gasteiger charge is 2.22. The van der Waals surface area contributed by atoms with Gasteiger partial charge in [-0.15, -0.1) is 11.3 Å². The maximum atomic E-state index is 12.1. The SMILES string of the molecule is CCC(C)CS(=O)(=O)C(C)CNCc1cccs1. The molecular weight excluding hydrogens is 266 g/mol. The monoisotopic (exact) mass is 289 g/mol. The first kappa shape index (κ1) is 15.7. The van der Waals surface area contributed by atoms with Crippen LogP contribution in [0.4, 0.5) is 0 Å². The summed E-state index contributed by atoms with van der Waals surface area (Å²) in [6.07, 6.45) is 0.911. The van der Waals surface area contributed by atoms with E-state index < -0.39 is 9.84 Å². The number of hydrogen-bond donors (Lipinski definition) is 1. The molecule has 0 aliphatic rings. The second-order valence-corrected chi connectivity index (χ2v) is 8.36. The van der Waals surface area contributed by atoms with Crippen LogP contribution in [-0.4, -0.2) is 26.0 Å². The lowest BCUT2D eigenvalue weighted by Gasteiger charge is -2.16. The second-order valence-electron chi connectivity index (χ2n) is 4.86. The molecule has 18 heavy (non-hydrogen) atoms. The number of sulfone groups is 1. The van der Waals surface area contributed by atoms with Gasteiger partial charge in [0.15, 0.2) is 9.84 Å². The van der Waals surface area contributed by atoms with Crippen molar-refractivity contribution in [3.63, 3.8) is 0 Å². The molecule has 0 aromatic carbocycles. The Balaban J connectivity index is 2.37. The highest BCUT2D eigenvalue weighted by Crippen LogP contribution is 2.11. The molecule has 0 saturated heterocycles. The summed E-state index contributed by atoms with van der Waals surface area (Å²) in [5.41, 5.74) is 0. The van der Waals surface area contributed by atoms with Crippen LogP contribution in [0.5, 0.6) is 0 Å². The molecule has 0 radical (unpaired) electrons. The van der Waals surface area contributed by atoms with Crippen LogP contribution in [0.2, 0.25) is 0 Å². The summed E-state index contributed by atoms with van der Waals surface area (Å²) in [5, 5.41) is 4.93. The van der Waals surface area contributed by atoms with Gasteiger partial charge in [0.05, 0.1) is 11.0 Å². The first-order valence-corrected chi connectivity index (χ1v) is 9.00. The van der Waals surface area contributed by atoms with Gasteiger partial charge in [-0.25, -0.2) is 8.42 Å². The van der Waals surface area contributed by atoms with E-state index in [9.17, 15) is 8.42 Å². The first-order chi connectivity index (χ1) is 8.45. The maximum absolute atomic E-state index is 12.1. The van der Waals surface area contributed by atoms with E-state index in [4.69, 9.17) is 0 Å². The Morgan fingerprint density at radius 2 is 2.11 bits per heavy atom. The molecule has 0 fully saturated rings. The molecule has 1 heterocycles. The molecule has 2 unspecified atom stereocenters. The molecular formula is C13H23NO2S2. The maximum Gasteiger partial charge on any atom is 0.154 e. The molecule has 1 aromatic heterocycles. The van der Waals surface area contributed by atoms with Gasteiger partial charge in [-0.3, -0.25) is 0 Å². The van der Waals surface area contributed by atoms with Gasteiger partial charge in [0.1, 0.15) is 0 Å².